The van der Waals surface area contributed by atoms with Crippen molar-refractivity contribution in [1.29, 1.82) is 0 Å². The first-order chi connectivity index (χ1) is 9.74. The van der Waals surface area contributed by atoms with E-state index in [1.165, 1.54) is 12.8 Å². The predicted molar refractivity (Wildman–Crippen MR) is 82.9 cm³/mol. The molecule has 0 unspecified atom stereocenters. The van der Waals surface area contributed by atoms with Crippen molar-refractivity contribution in [3.8, 4) is 11.3 Å². The fourth-order valence-electron chi connectivity index (χ4n) is 2.73. The summed E-state index contributed by atoms with van der Waals surface area (Å²) in [5.74, 6) is -0.130. The zero-order chi connectivity index (χ0) is 13.9. The molecule has 0 amide bonds. The molecule has 1 fully saturated rings. The van der Waals surface area contributed by atoms with Gasteiger partial charge >= 0.3 is 0 Å². The molecule has 2 nitrogen and oxygen atoms in total. The van der Waals surface area contributed by atoms with E-state index >= 15 is 0 Å². The molecule has 1 saturated heterocycles. The van der Waals surface area contributed by atoms with Gasteiger partial charge in [-0.25, -0.2) is 9.37 Å². The highest BCUT2D eigenvalue weighted by atomic mass is 32.1. The van der Waals surface area contributed by atoms with Crippen molar-refractivity contribution in [2.45, 2.75) is 32.6 Å². The van der Waals surface area contributed by atoms with E-state index in [9.17, 15) is 4.39 Å². The molecule has 1 aliphatic heterocycles. The van der Waals surface area contributed by atoms with Crippen molar-refractivity contribution >= 4 is 17.0 Å². The lowest BCUT2D eigenvalue weighted by Crippen LogP contribution is -2.24. The van der Waals surface area contributed by atoms with Crippen molar-refractivity contribution in [1.82, 2.24) is 4.98 Å². The minimum Gasteiger partial charge on any atom is -0.369 e. The van der Waals surface area contributed by atoms with Crippen LogP contribution in [0.3, 0.4) is 0 Å². The summed E-state index contributed by atoms with van der Waals surface area (Å²) in [6, 6.07) is 5.51. The molecule has 0 spiro atoms. The molecule has 0 aliphatic carbocycles. The summed E-state index contributed by atoms with van der Waals surface area (Å²) < 4.78 is 14.4. The number of aromatic nitrogens is 1. The van der Waals surface area contributed by atoms with E-state index in [-0.39, 0.29) is 5.82 Å². The molecule has 0 N–H and O–H groups in total. The third kappa shape index (κ3) is 2.85. The third-order valence-electron chi connectivity index (χ3n) is 3.81. The Hall–Kier alpha value is -1.42. The van der Waals surface area contributed by atoms with Crippen molar-refractivity contribution in [2.75, 3.05) is 18.0 Å². The number of halogens is 1. The van der Waals surface area contributed by atoms with Crippen LogP contribution in [0.15, 0.2) is 23.6 Å². The maximum Gasteiger partial charge on any atom is 0.147 e. The second kappa shape index (κ2) is 5.92. The van der Waals surface area contributed by atoms with E-state index < -0.39 is 0 Å². The SMILES string of the molecule is Cc1nc(-c2ccc(N3CCCCCC3)c(F)c2)cs1. The molecule has 0 bridgehead atoms. The van der Waals surface area contributed by atoms with Gasteiger partial charge in [-0.2, -0.15) is 0 Å². The maximum atomic E-state index is 14.4. The molecule has 1 aromatic heterocycles. The lowest BCUT2D eigenvalue weighted by atomic mass is 10.1. The van der Waals surface area contributed by atoms with Gasteiger partial charge < -0.3 is 4.90 Å². The largest absolute Gasteiger partial charge is 0.369 e. The Bertz CT molecular complexity index is 586. The number of rotatable bonds is 2. The van der Waals surface area contributed by atoms with Crippen LogP contribution in [-0.4, -0.2) is 18.1 Å². The smallest absolute Gasteiger partial charge is 0.147 e. The average Bonchev–Trinajstić information content (AvgIpc) is 2.72. The molecule has 3 rings (SSSR count). The minimum atomic E-state index is -0.130. The van der Waals surface area contributed by atoms with Gasteiger partial charge in [-0.3, -0.25) is 0 Å². The van der Waals surface area contributed by atoms with Crippen LogP contribution in [0.1, 0.15) is 30.7 Å². The zero-order valence-corrected chi connectivity index (χ0v) is 12.5. The zero-order valence-electron chi connectivity index (χ0n) is 11.7. The van der Waals surface area contributed by atoms with Crippen LogP contribution < -0.4 is 4.90 Å². The Kier molecular flexibility index (Phi) is 4.01. The Morgan fingerprint density at radius 3 is 2.50 bits per heavy atom. The van der Waals surface area contributed by atoms with Crippen LogP contribution in [0.25, 0.3) is 11.3 Å². The normalized spacial score (nSPS) is 16.2. The fraction of sp³-hybridized carbons (Fsp3) is 0.438. The van der Waals surface area contributed by atoms with Gasteiger partial charge in [-0.15, -0.1) is 11.3 Å². The average molecular weight is 290 g/mol. The first-order valence-corrected chi connectivity index (χ1v) is 8.09. The molecule has 1 aromatic carbocycles. The molecule has 1 aliphatic rings. The number of hydrogen-bond acceptors (Lipinski definition) is 3. The summed E-state index contributed by atoms with van der Waals surface area (Å²) in [4.78, 5) is 6.60. The minimum absolute atomic E-state index is 0.130. The molecular formula is C16H19FN2S. The quantitative estimate of drug-likeness (QED) is 0.801. The summed E-state index contributed by atoms with van der Waals surface area (Å²) in [7, 11) is 0. The number of anilines is 1. The molecule has 2 heterocycles. The second-order valence-electron chi connectivity index (χ2n) is 5.32. The van der Waals surface area contributed by atoms with E-state index in [1.54, 1.807) is 17.4 Å². The Balaban J connectivity index is 1.87. The van der Waals surface area contributed by atoms with Gasteiger partial charge in [0.05, 0.1) is 16.4 Å². The maximum absolute atomic E-state index is 14.4. The van der Waals surface area contributed by atoms with E-state index in [0.29, 0.717) is 0 Å². The summed E-state index contributed by atoms with van der Waals surface area (Å²) in [5.41, 5.74) is 2.47. The number of aryl methyl sites for hydroxylation is 1. The summed E-state index contributed by atoms with van der Waals surface area (Å²) in [6.45, 7) is 3.90. The Morgan fingerprint density at radius 2 is 1.90 bits per heavy atom. The van der Waals surface area contributed by atoms with Crippen LogP contribution >= 0.6 is 11.3 Å². The van der Waals surface area contributed by atoms with Gasteiger partial charge in [0.2, 0.25) is 0 Å². The molecule has 20 heavy (non-hydrogen) atoms. The molecule has 0 saturated carbocycles. The van der Waals surface area contributed by atoms with Gasteiger partial charge in [-0.05, 0) is 31.9 Å². The predicted octanol–water partition coefficient (Wildman–Crippen LogP) is 4.64. The number of nitrogens with zero attached hydrogens (tertiary/aromatic N) is 2. The van der Waals surface area contributed by atoms with E-state index in [2.05, 4.69) is 9.88 Å². The molecule has 2 aromatic rings. The van der Waals surface area contributed by atoms with Gasteiger partial charge in [0.25, 0.3) is 0 Å². The molecule has 0 atom stereocenters. The number of hydrogen-bond donors (Lipinski definition) is 0. The van der Waals surface area contributed by atoms with Crippen molar-refractivity contribution in [2.24, 2.45) is 0 Å². The lowest BCUT2D eigenvalue weighted by Gasteiger charge is -2.23. The fourth-order valence-corrected chi connectivity index (χ4v) is 3.35. The lowest BCUT2D eigenvalue weighted by molar-refractivity contribution is 0.617. The first-order valence-electron chi connectivity index (χ1n) is 7.21. The van der Waals surface area contributed by atoms with E-state index in [0.717, 1.165) is 47.9 Å². The summed E-state index contributed by atoms with van der Waals surface area (Å²) >= 11 is 1.60. The van der Waals surface area contributed by atoms with E-state index in [4.69, 9.17) is 0 Å². The highest BCUT2D eigenvalue weighted by Gasteiger charge is 2.15. The highest BCUT2D eigenvalue weighted by molar-refractivity contribution is 7.09. The number of benzene rings is 1. The van der Waals surface area contributed by atoms with Crippen LogP contribution in [-0.2, 0) is 0 Å². The van der Waals surface area contributed by atoms with Gasteiger partial charge in [0.1, 0.15) is 5.82 Å². The standard InChI is InChI=1S/C16H19FN2S/c1-12-18-15(11-20-12)13-6-7-16(14(17)10-13)19-8-4-2-3-5-9-19/h6-7,10-11H,2-5,8-9H2,1H3. The molecule has 0 radical (unpaired) electrons. The summed E-state index contributed by atoms with van der Waals surface area (Å²) in [6.07, 6.45) is 4.83. The molecule has 4 heteroatoms. The Morgan fingerprint density at radius 1 is 1.15 bits per heavy atom. The van der Waals surface area contributed by atoms with Gasteiger partial charge in [0, 0.05) is 24.0 Å². The van der Waals surface area contributed by atoms with Gasteiger partial charge in [0.15, 0.2) is 0 Å². The van der Waals surface area contributed by atoms with Crippen LogP contribution in [0.4, 0.5) is 10.1 Å². The molecular weight excluding hydrogens is 271 g/mol. The monoisotopic (exact) mass is 290 g/mol. The third-order valence-corrected chi connectivity index (χ3v) is 4.58. The Labute approximate surface area is 123 Å². The van der Waals surface area contributed by atoms with Gasteiger partial charge in [-0.1, -0.05) is 18.9 Å². The molecule has 106 valence electrons. The van der Waals surface area contributed by atoms with Crippen molar-refractivity contribution in [3.05, 3.63) is 34.4 Å². The van der Waals surface area contributed by atoms with Crippen molar-refractivity contribution < 1.29 is 4.39 Å². The topological polar surface area (TPSA) is 16.1 Å². The first kappa shape index (κ1) is 13.6. The number of thiazole rings is 1. The van der Waals surface area contributed by atoms with Crippen molar-refractivity contribution in [3.63, 3.8) is 0 Å². The second-order valence-corrected chi connectivity index (χ2v) is 6.38. The van der Waals surface area contributed by atoms with Crippen LogP contribution in [0, 0.1) is 12.7 Å². The van der Waals surface area contributed by atoms with Crippen LogP contribution in [0.5, 0.6) is 0 Å². The van der Waals surface area contributed by atoms with Crippen LogP contribution in [0.2, 0.25) is 0 Å². The van der Waals surface area contributed by atoms with E-state index in [1.807, 2.05) is 24.4 Å². The highest BCUT2D eigenvalue weighted by Crippen LogP contribution is 2.28. The summed E-state index contributed by atoms with van der Waals surface area (Å²) in [5, 5.41) is 2.99.